The number of benzene rings is 1. The van der Waals surface area contributed by atoms with Crippen molar-refractivity contribution in [2.45, 2.75) is 15.9 Å². The van der Waals surface area contributed by atoms with Gasteiger partial charge in [0.05, 0.1) is 5.02 Å². The van der Waals surface area contributed by atoms with Gasteiger partial charge in [0.25, 0.3) is 0 Å². The molecule has 1 saturated carbocycles. The monoisotopic (exact) mass is 347 g/mol. The van der Waals surface area contributed by atoms with Gasteiger partial charge < -0.3 is 4.57 Å². The Morgan fingerprint density at radius 1 is 1.35 bits per heavy atom. The molecule has 0 amide bonds. The molecule has 0 spiro atoms. The zero-order valence-electron chi connectivity index (χ0n) is 10.7. The highest BCUT2D eigenvalue weighted by molar-refractivity contribution is 7.99. The van der Waals surface area contributed by atoms with E-state index in [1.54, 1.807) is 11.8 Å². The van der Waals surface area contributed by atoms with Gasteiger partial charge in [0, 0.05) is 24.3 Å². The smallest absolute Gasteiger partial charge is 0.191 e. The Hall–Kier alpha value is -0.420. The molecule has 1 aromatic heterocycles. The van der Waals surface area contributed by atoms with Crippen LogP contribution in [0.1, 0.15) is 6.42 Å². The standard InChI is InChI=1S/C13H12Cl3N3S/c1-19-11(9-4-2-3-5-10(9)14)17-18-12(19)20-7-8-6-13(8,15)16/h2-5,8H,6-7H2,1H3/t8-/m1/s1. The summed E-state index contributed by atoms with van der Waals surface area (Å²) < 4.78 is 1.40. The van der Waals surface area contributed by atoms with Crippen LogP contribution in [0.4, 0.5) is 0 Å². The van der Waals surface area contributed by atoms with Crippen molar-refractivity contribution in [3.8, 4) is 11.4 Å². The van der Waals surface area contributed by atoms with Gasteiger partial charge in [-0.15, -0.1) is 33.4 Å². The van der Waals surface area contributed by atoms with Gasteiger partial charge in [-0.2, -0.15) is 0 Å². The second-order valence-electron chi connectivity index (χ2n) is 4.82. The van der Waals surface area contributed by atoms with Gasteiger partial charge in [-0.05, 0) is 18.6 Å². The summed E-state index contributed by atoms with van der Waals surface area (Å²) in [4.78, 5) is 0. The maximum Gasteiger partial charge on any atom is 0.191 e. The molecule has 3 nitrogen and oxygen atoms in total. The third-order valence-electron chi connectivity index (χ3n) is 3.32. The van der Waals surface area contributed by atoms with Crippen LogP contribution in [-0.2, 0) is 7.05 Å². The van der Waals surface area contributed by atoms with Crippen molar-refractivity contribution in [2.24, 2.45) is 13.0 Å². The van der Waals surface area contributed by atoms with E-state index in [1.807, 2.05) is 35.9 Å². The second-order valence-corrected chi connectivity index (χ2v) is 7.75. The zero-order valence-corrected chi connectivity index (χ0v) is 13.8. The lowest BCUT2D eigenvalue weighted by Crippen LogP contribution is -1.98. The number of rotatable bonds is 4. The van der Waals surface area contributed by atoms with Crippen molar-refractivity contribution < 1.29 is 0 Å². The Morgan fingerprint density at radius 3 is 2.70 bits per heavy atom. The number of thioether (sulfide) groups is 1. The minimum absolute atomic E-state index is 0.330. The highest BCUT2D eigenvalue weighted by Crippen LogP contribution is 2.54. The van der Waals surface area contributed by atoms with Crippen LogP contribution in [0.2, 0.25) is 5.02 Å². The minimum Gasteiger partial charge on any atom is -0.305 e. The van der Waals surface area contributed by atoms with E-state index in [9.17, 15) is 0 Å². The third kappa shape index (κ3) is 2.80. The largest absolute Gasteiger partial charge is 0.305 e. The van der Waals surface area contributed by atoms with Crippen LogP contribution in [0.3, 0.4) is 0 Å². The molecule has 0 bridgehead atoms. The quantitative estimate of drug-likeness (QED) is 0.605. The molecule has 1 atom stereocenters. The van der Waals surface area contributed by atoms with E-state index in [-0.39, 0.29) is 0 Å². The summed E-state index contributed by atoms with van der Waals surface area (Å²) in [6, 6.07) is 7.61. The summed E-state index contributed by atoms with van der Waals surface area (Å²) in [6.45, 7) is 0. The third-order valence-corrected chi connectivity index (χ3v) is 5.76. The number of hydrogen-bond donors (Lipinski definition) is 0. The SMILES string of the molecule is Cn1c(SC[C@H]2CC2(Cl)Cl)nnc1-c1ccccc1Cl. The maximum atomic E-state index is 6.19. The van der Waals surface area contributed by atoms with Crippen molar-refractivity contribution in [1.82, 2.24) is 14.8 Å². The molecule has 1 fully saturated rings. The minimum atomic E-state index is -0.544. The summed E-state index contributed by atoms with van der Waals surface area (Å²) in [7, 11) is 1.93. The van der Waals surface area contributed by atoms with E-state index < -0.39 is 4.33 Å². The van der Waals surface area contributed by atoms with Crippen LogP contribution in [0.25, 0.3) is 11.4 Å². The van der Waals surface area contributed by atoms with Gasteiger partial charge in [-0.1, -0.05) is 35.5 Å². The molecule has 0 N–H and O–H groups in total. The fourth-order valence-corrected chi connectivity index (χ4v) is 4.00. The lowest BCUT2D eigenvalue weighted by Gasteiger charge is -2.05. The van der Waals surface area contributed by atoms with Crippen molar-refractivity contribution in [1.29, 1.82) is 0 Å². The molecule has 0 unspecified atom stereocenters. The molecule has 2 aromatic rings. The average molecular weight is 349 g/mol. The molecule has 0 saturated heterocycles. The van der Waals surface area contributed by atoms with Crippen LogP contribution >= 0.6 is 46.6 Å². The van der Waals surface area contributed by atoms with Crippen LogP contribution in [0.5, 0.6) is 0 Å². The Labute approximate surface area is 136 Å². The summed E-state index contributed by atoms with van der Waals surface area (Å²) in [5, 5.41) is 9.95. The fraction of sp³-hybridized carbons (Fsp3) is 0.385. The first-order valence-corrected chi connectivity index (χ1v) is 8.26. The van der Waals surface area contributed by atoms with Gasteiger partial charge in [0.15, 0.2) is 11.0 Å². The van der Waals surface area contributed by atoms with E-state index in [1.165, 1.54) is 0 Å². The molecular weight excluding hydrogens is 337 g/mol. The van der Waals surface area contributed by atoms with Crippen molar-refractivity contribution in [3.05, 3.63) is 29.3 Å². The van der Waals surface area contributed by atoms with Gasteiger partial charge >= 0.3 is 0 Å². The van der Waals surface area contributed by atoms with E-state index in [0.717, 1.165) is 28.7 Å². The van der Waals surface area contributed by atoms with Crippen LogP contribution in [-0.4, -0.2) is 24.9 Å². The fourth-order valence-electron chi connectivity index (χ4n) is 1.94. The molecule has 3 rings (SSSR count). The van der Waals surface area contributed by atoms with Gasteiger partial charge in [-0.3, -0.25) is 0 Å². The molecule has 0 aliphatic heterocycles. The van der Waals surface area contributed by atoms with E-state index in [4.69, 9.17) is 34.8 Å². The molecule has 20 heavy (non-hydrogen) atoms. The Kier molecular flexibility index (Phi) is 3.93. The number of halogens is 3. The van der Waals surface area contributed by atoms with Crippen molar-refractivity contribution in [2.75, 3.05) is 5.75 Å². The lowest BCUT2D eigenvalue weighted by atomic mass is 10.2. The molecule has 1 aromatic carbocycles. The number of nitrogens with zero attached hydrogens (tertiary/aromatic N) is 3. The normalized spacial score (nSPS) is 20.1. The van der Waals surface area contributed by atoms with E-state index in [0.29, 0.717) is 10.9 Å². The molecule has 0 radical (unpaired) electrons. The zero-order chi connectivity index (χ0) is 14.3. The average Bonchev–Trinajstić information content (AvgIpc) is 2.85. The van der Waals surface area contributed by atoms with Gasteiger partial charge in [-0.25, -0.2) is 0 Å². The topological polar surface area (TPSA) is 30.7 Å². The summed E-state index contributed by atoms with van der Waals surface area (Å²) in [6.07, 6.45) is 0.846. The highest BCUT2D eigenvalue weighted by atomic mass is 35.5. The van der Waals surface area contributed by atoms with Crippen molar-refractivity contribution in [3.63, 3.8) is 0 Å². The second kappa shape index (κ2) is 5.41. The van der Waals surface area contributed by atoms with E-state index in [2.05, 4.69) is 10.2 Å². The highest BCUT2D eigenvalue weighted by Gasteiger charge is 2.51. The predicted molar refractivity (Wildman–Crippen MR) is 84.7 cm³/mol. The predicted octanol–water partition coefficient (Wildman–Crippen LogP) is 4.42. The first kappa shape index (κ1) is 14.5. The van der Waals surface area contributed by atoms with Gasteiger partial charge in [0.1, 0.15) is 4.33 Å². The summed E-state index contributed by atoms with van der Waals surface area (Å²) in [5.41, 5.74) is 0.881. The first-order valence-electron chi connectivity index (χ1n) is 6.14. The molecule has 1 aliphatic rings. The summed E-state index contributed by atoms with van der Waals surface area (Å²) in [5.74, 6) is 1.94. The Morgan fingerprint density at radius 2 is 2.05 bits per heavy atom. The van der Waals surface area contributed by atoms with E-state index >= 15 is 0 Å². The molecular formula is C13H12Cl3N3S. The van der Waals surface area contributed by atoms with Crippen LogP contribution in [0.15, 0.2) is 29.4 Å². The first-order chi connectivity index (χ1) is 9.49. The van der Waals surface area contributed by atoms with Crippen LogP contribution in [0, 0.1) is 5.92 Å². The number of alkyl halides is 2. The van der Waals surface area contributed by atoms with Crippen LogP contribution < -0.4 is 0 Å². The number of aromatic nitrogens is 3. The molecule has 1 aliphatic carbocycles. The molecule has 106 valence electrons. The Bertz CT molecular complexity index is 642. The maximum absolute atomic E-state index is 6.19. The number of hydrogen-bond acceptors (Lipinski definition) is 3. The van der Waals surface area contributed by atoms with Crippen molar-refractivity contribution >= 4 is 46.6 Å². The molecule has 7 heteroatoms. The lowest BCUT2D eigenvalue weighted by molar-refractivity contribution is 0.791. The van der Waals surface area contributed by atoms with Gasteiger partial charge in [0.2, 0.25) is 0 Å². The molecule has 1 heterocycles. The Balaban J connectivity index is 1.77. The summed E-state index contributed by atoms with van der Waals surface area (Å²) >= 11 is 19.9.